The molecule has 3 nitrogen and oxygen atoms in total. The molecule has 1 heterocycles. The molecule has 3 N–H and O–H groups in total. The van der Waals surface area contributed by atoms with Gasteiger partial charge in [0.25, 0.3) is 0 Å². The molecular weight excluding hydrogens is 226 g/mol. The summed E-state index contributed by atoms with van der Waals surface area (Å²) in [7, 11) is 0. The minimum absolute atomic E-state index is 0.0568. The molecule has 0 aromatic carbocycles. The predicted molar refractivity (Wildman–Crippen MR) is 75.5 cm³/mol. The molecule has 1 atom stereocenters. The van der Waals surface area contributed by atoms with Crippen LogP contribution in [0.3, 0.4) is 0 Å². The normalized spacial score (nSPS) is 20.8. The summed E-state index contributed by atoms with van der Waals surface area (Å²) >= 11 is 0. The number of aliphatic hydroxyl groups is 2. The van der Waals surface area contributed by atoms with Crippen molar-refractivity contribution in [1.82, 2.24) is 5.32 Å². The maximum atomic E-state index is 10.1. The van der Waals surface area contributed by atoms with E-state index in [1.165, 1.54) is 0 Å². The fraction of sp³-hybridized carbons (Fsp3) is 1.00. The van der Waals surface area contributed by atoms with E-state index in [1.807, 2.05) is 0 Å². The zero-order chi connectivity index (χ0) is 13.8. The maximum absolute atomic E-state index is 10.1. The van der Waals surface area contributed by atoms with Crippen LogP contribution in [-0.4, -0.2) is 36.0 Å². The molecule has 0 aromatic heterocycles. The van der Waals surface area contributed by atoms with Crippen LogP contribution in [0.1, 0.15) is 53.4 Å². The first-order valence-corrected chi connectivity index (χ1v) is 7.28. The topological polar surface area (TPSA) is 52.5 Å². The zero-order valence-electron chi connectivity index (χ0n) is 12.5. The molecule has 0 aliphatic carbocycles. The average Bonchev–Trinajstić information content (AvgIpc) is 2.20. The Morgan fingerprint density at radius 3 is 2.22 bits per heavy atom. The third-order valence-corrected chi connectivity index (χ3v) is 4.05. The van der Waals surface area contributed by atoms with Gasteiger partial charge >= 0.3 is 0 Å². The molecule has 1 aliphatic heterocycles. The SMILES string of the molecule is CC(C)CCC(O)CC(C)(C)CC1(CO)CNC1. The minimum Gasteiger partial charge on any atom is -0.396 e. The van der Waals surface area contributed by atoms with Crippen LogP contribution in [0.25, 0.3) is 0 Å². The summed E-state index contributed by atoms with van der Waals surface area (Å²) in [6, 6.07) is 0. The first-order valence-electron chi connectivity index (χ1n) is 7.28. The minimum atomic E-state index is -0.203. The molecule has 108 valence electrons. The van der Waals surface area contributed by atoms with Crippen LogP contribution < -0.4 is 5.32 Å². The molecule has 1 unspecified atom stereocenters. The summed E-state index contributed by atoms with van der Waals surface area (Å²) < 4.78 is 0. The van der Waals surface area contributed by atoms with Gasteiger partial charge in [-0.2, -0.15) is 0 Å². The lowest BCUT2D eigenvalue weighted by Crippen LogP contribution is -2.57. The zero-order valence-corrected chi connectivity index (χ0v) is 12.5. The quantitative estimate of drug-likeness (QED) is 0.624. The van der Waals surface area contributed by atoms with Gasteiger partial charge in [-0.15, -0.1) is 0 Å². The summed E-state index contributed by atoms with van der Waals surface area (Å²) in [5.41, 5.74) is 0.155. The van der Waals surface area contributed by atoms with Crippen LogP contribution in [0.15, 0.2) is 0 Å². The van der Waals surface area contributed by atoms with E-state index in [0.29, 0.717) is 5.92 Å². The Bertz CT molecular complexity index is 241. The van der Waals surface area contributed by atoms with Crippen LogP contribution in [0.5, 0.6) is 0 Å². The van der Waals surface area contributed by atoms with Crippen LogP contribution in [0.2, 0.25) is 0 Å². The van der Waals surface area contributed by atoms with E-state index < -0.39 is 0 Å². The summed E-state index contributed by atoms with van der Waals surface area (Å²) in [6.07, 6.45) is 3.60. The van der Waals surface area contributed by atoms with Crippen molar-refractivity contribution < 1.29 is 10.2 Å². The molecule has 0 saturated carbocycles. The van der Waals surface area contributed by atoms with E-state index in [4.69, 9.17) is 0 Å². The van der Waals surface area contributed by atoms with Crippen LogP contribution >= 0.6 is 0 Å². The van der Waals surface area contributed by atoms with E-state index in [1.54, 1.807) is 0 Å². The van der Waals surface area contributed by atoms with Gasteiger partial charge in [-0.25, -0.2) is 0 Å². The summed E-state index contributed by atoms with van der Waals surface area (Å²) in [5.74, 6) is 0.655. The number of aliphatic hydroxyl groups excluding tert-OH is 2. The molecular formula is C15H31NO2. The van der Waals surface area contributed by atoms with Crippen molar-refractivity contribution in [2.24, 2.45) is 16.7 Å². The van der Waals surface area contributed by atoms with E-state index in [-0.39, 0.29) is 23.5 Å². The number of nitrogens with one attached hydrogen (secondary N) is 1. The molecule has 1 rings (SSSR count). The van der Waals surface area contributed by atoms with Gasteiger partial charge < -0.3 is 15.5 Å². The van der Waals surface area contributed by atoms with Crippen molar-refractivity contribution >= 4 is 0 Å². The average molecular weight is 257 g/mol. The number of hydrogen-bond donors (Lipinski definition) is 3. The molecule has 1 aliphatic rings. The van der Waals surface area contributed by atoms with Crippen LogP contribution in [0.4, 0.5) is 0 Å². The van der Waals surface area contributed by atoms with Gasteiger partial charge in [0.15, 0.2) is 0 Å². The third-order valence-electron chi connectivity index (χ3n) is 4.05. The van der Waals surface area contributed by atoms with Gasteiger partial charge in [-0.3, -0.25) is 0 Å². The van der Waals surface area contributed by atoms with Crippen molar-refractivity contribution in [2.75, 3.05) is 19.7 Å². The molecule has 18 heavy (non-hydrogen) atoms. The highest BCUT2D eigenvalue weighted by Crippen LogP contribution is 2.40. The standard InChI is InChI=1S/C15H31NO2/c1-12(2)5-6-13(18)7-14(3,4)8-15(11-17)9-16-10-15/h12-13,16-18H,5-11H2,1-4H3. The Labute approximate surface area is 112 Å². The largest absolute Gasteiger partial charge is 0.396 e. The second-order valence-electron chi connectivity index (χ2n) is 7.43. The Morgan fingerprint density at radius 1 is 1.22 bits per heavy atom. The lowest BCUT2D eigenvalue weighted by atomic mass is 9.67. The lowest BCUT2D eigenvalue weighted by Gasteiger charge is -2.46. The summed E-state index contributed by atoms with van der Waals surface area (Å²) in [6.45, 7) is 10.9. The first-order chi connectivity index (χ1) is 8.29. The van der Waals surface area contributed by atoms with Crippen molar-refractivity contribution in [2.45, 2.75) is 59.5 Å². The Balaban J connectivity index is 2.38. The molecule has 0 aromatic rings. The highest BCUT2D eigenvalue weighted by Gasteiger charge is 2.41. The third kappa shape index (κ3) is 4.87. The van der Waals surface area contributed by atoms with Gasteiger partial charge in [0, 0.05) is 18.5 Å². The second-order valence-corrected chi connectivity index (χ2v) is 7.43. The van der Waals surface area contributed by atoms with E-state index in [2.05, 4.69) is 33.0 Å². The van der Waals surface area contributed by atoms with E-state index in [9.17, 15) is 10.2 Å². The van der Waals surface area contributed by atoms with E-state index in [0.717, 1.165) is 38.8 Å². The Kier molecular flexibility index (Phi) is 5.63. The fourth-order valence-corrected chi connectivity index (χ4v) is 3.12. The highest BCUT2D eigenvalue weighted by atomic mass is 16.3. The van der Waals surface area contributed by atoms with Gasteiger partial charge in [0.1, 0.15) is 0 Å². The summed E-state index contributed by atoms with van der Waals surface area (Å²) in [4.78, 5) is 0. The number of hydrogen-bond acceptors (Lipinski definition) is 3. The first kappa shape index (κ1) is 15.9. The lowest BCUT2D eigenvalue weighted by molar-refractivity contribution is 0.00422. The number of rotatable bonds is 8. The molecule has 0 spiro atoms. The molecule has 0 radical (unpaired) electrons. The fourth-order valence-electron chi connectivity index (χ4n) is 3.12. The monoisotopic (exact) mass is 257 g/mol. The van der Waals surface area contributed by atoms with Crippen molar-refractivity contribution in [1.29, 1.82) is 0 Å². The van der Waals surface area contributed by atoms with Crippen LogP contribution in [-0.2, 0) is 0 Å². The van der Waals surface area contributed by atoms with Gasteiger partial charge in [-0.05, 0) is 37.0 Å². The smallest absolute Gasteiger partial charge is 0.0545 e. The molecule has 0 bridgehead atoms. The molecule has 0 amide bonds. The van der Waals surface area contributed by atoms with Crippen molar-refractivity contribution in [3.05, 3.63) is 0 Å². The summed E-state index contributed by atoms with van der Waals surface area (Å²) in [5, 5.41) is 22.9. The highest BCUT2D eigenvalue weighted by molar-refractivity contribution is 4.95. The van der Waals surface area contributed by atoms with Crippen LogP contribution in [0, 0.1) is 16.7 Å². The Morgan fingerprint density at radius 2 is 1.83 bits per heavy atom. The van der Waals surface area contributed by atoms with Crippen molar-refractivity contribution in [3.8, 4) is 0 Å². The van der Waals surface area contributed by atoms with Crippen molar-refractivity contribution in [3.63, 3.8) is 0 Å². The molecule has 1 fully saturated rings. The van der Waals surface area contributed by atoms with E-state index >= 15 is 0 Å². The maximum Gasteiger partial charge on any atom is 0.0545 e. The predicted octanol–water partition coefficient (Wildman–Crippen LogP) is 2.17. The van der Waals surface area contributed by atoms with Gasteiger partial charge in [0.05, 0.1) is 12.7 Å². The van der Waals surface area contributed by atoms with Gasteiger partial charge in [-0.1, -0.05) is 27.7 Å². The van der Waals surface area contributed by atoms with Gasteiger partial charge in [0.2, 0.25) is 0 Å². The molecule has 3 heteroatoms. The second kappa shape index (κ2) is 6.36. The molecule has 1 saturated heterocycles. The Hall–Kier alpha value is -0.120.